The monoisotopic (exact) mass is 665 g/mol. The third kappa shape index (κ3) is 9.58. The fourth-order valence-corrected chi connectivity index (χ4v) is 9.54. The van der Waals surface area contributed by atoms with Gasteiger partial charge in [-0.1, -0.05) is 11.8 Å². The highest BCUT2D eigenvalue weighted by atomic mass is 32.2. The number of ether oxygens (including phenoxy) is 2. The van der Waals surface area contributed by atoms with Crippen molar-refractivity contribution in [1.29, 1.82) is 0 Å². The van der Waals surface area contributed by atoms with E-state index in [-0.39, 0.29) is 23.2 Å². The minimum absolute atomic E-state index is 0.0293. The zero-order chi connectivity index (χ0) is 31.7. The van der Waals surface area contributed by atoms with E-state index in [4.69, 9.17) is 15.2 Å². The van der Waals surface area contributed by atoms with Crippen molar-refractivity contribution in [3.63, 3.8) is 0 Å². The van der Waals surface area contributed by atoms with Gasteiger partial charge in [0.25, 0.3) is 0 Å². The average Bonchev–Trinajstić information content (AvgIpc) is 3.17. The number of anilines is 1. The maximum absolute atomic E-state index is 12.9. The summed E-state index contributed by atoms with van der Waals surface area (Å²) in [5.74, 6) is 0.455. The van der Waals surface area contributed by atoms with E-state index >= 15 is 0 Å². The smallest absolute Gasteiger partial charge is 0.398 e. The number of rotatable bonds is 12. The van der Waals surface area contributed by atoms with Gasteiger partial charge in [0.2, 0.25) is 26.3 Å². The Bertz CT molecular complexity index is 1450. The van der Waals surface area contributed by atoms with Gasteiger partial charge < -0.3 is 29.6 Å². The van der Waals surface area contributed by atoms with Gasteiger partial charge in [0, 0.05) is 4.90 Å². The molecule has 0 aliphatic heterocycles. The number of imidazole rings is 1. The molecule has 42 heavy (non-hydrogen) atoms. The van der Waals surface area contributed by atoms with E-state index in [0.717, 1.165) is 11.8 Å². The van der Waals surface area contributed by atoms with Gasteiger partial charge in [-0.25, -0.2) is 9.97 Å². The molecular formula is C22H27F6N5O6P2S. The SMILES string of the molecule is CC(C)Oc1ccc(Sc2nc(N)nc3c2ncn3CC(C)OC(P(=O)(O)CC(F)(F)F)P(=O)(O)CC(F)(F)F)cc1. The molecule has 0 saturated heterocycles. The van der Waals surface area contributed by atoms with Crippen LogP contribution >= 0.6 is 26.5 Å². The Labute approximate surface area is 239 Å². The van der Waals surface area contributed by atoms with Crippen molar-refractivity contribution >= 4 is 43.6 Å². The summed E-state index contributed by atoms with van der Waals surface area (Å²) in [4.78, 5) is 33.2. The largest absolute Gasteiger partial charge is 0.491 e. The molecule has 3 atom stereocenters. The lowest BCUT2D eigenvalue weighted by Gasteiger charge is -2.30. The molecular weight excluding hydrogens is 638 g/mol. The Hall–Kier alpha value is -2.36. The van der Waals surface area contributed by atoms with Crippen molar-refractivity contribution in [1.82, 2.24) is 19.5 Å². The first-order valence-electron chi connectivity index (χ1n) is 12.0. The topological polar surface area (TPSA) is 163 Å². The van der Waals surface area contributed by atoms with E-state index < -0.39 is 57.6 Å². The molecule has 0 aliphatic carbocycles. The summed E-state index contributed by atoms with van der Waals surface area (Å²) in [7, 11) is -11.7. The number of aromatic nitrogens is 4. The van der Waals surface area contributed by atoms with Crippen LogP contribution in [-0.2, 0) is 20.4 Å². The van der Waals surface area contributed by atoms with E-state index in [1.165, 1.54) is 22.7 Å². The molecule has 0 radical (unpaired) electrons. The first-order chi connectivity index (χ1) is 19.1. The number of nitrogen functional groups attached to an aromatic ring is 1. The maximum Gasteiger partial charge on any atom is 0.398 e. The van der Waals surface area contributed by atoms with Gasteiger partial charge >= 0.3 is 12.4 Å². The molecule has 2 aromatic heterocycles. The second-order valence-corrected chi connectivity index (χ2v) is 15.6. The highest BCUT2D eigenvalue weighted by molar-refractivity contribution is 7.99. The number of hydrogen-bond acceptors (Lipinski definition) is 9. The van der Waals surface area contributed by atoms with Crippen molar-refractivity contribution in [2.45, 2.75) is 67.4 Å². The Morgan fingerprint density at radius 1 is 0.976 bits per heavy atom. The number of nitrogens with two attached hydrogens (primary N) is 1. The summed E-state index contributed by atoms with van der Waals surface area (Å²) >= 11 is 1.17. The number of nitrogens with zero attached hydrogens (tertiary/aromatic N) is 4. The van der Waals surface area contributed by atoms with Crippen LogP contribution in [0.25, 0.3) is 11.2 Å². The summed E-state index contributed by atoms with van der Waals surface area (Å²) in [6, 6.07) is 7.02. The standard InChI is InChI=1S/C22H27F6N5O6P2S/c1-12(2)38-14-4-6-15(7-5-14)42-18-16-17(31-19(29)32-18)33(11-30-16)8-13(3)39-20(40(34,35)9-21(23,24)25)41(36,37)10-22(26,27)28/h4-7,11-13,20H,8-10H2,1-3H3,(H,34,35)(H,36,37)(H2,29,31,32). The van der Waals surface area contributed by atoms with Crippen LogP contribution in [0.4, 0.5) is 32.3 Å². The number of halogens is 6. The molecule has 11 nitrogen and oxygen atoms in total. The van der Waals surface area contributed by atoms with Crippen LogP contribution in [0, 0.1) is 0 Å². The summed E-state index contributed by atoms with van der Waals surface area (Å²) in [5.41, 5.74) is 3.02. The number of alkyl halides is 6. The average molecular weight is 665 g/mol. The lowest BCUT2D eigenvalue weighted by Crippen LogP contribution is -2.30. The van der Waals surface area contributed by atoms with Gasteiger partial charge in [0.15, 0.2) is 5.65 Å². The zero-order valence-corrected chi connectivity index (χ0v) is 24.8. The predicted molar refractivity (Wildman–Crippen MR) is 142 cm³/mol. The molecule has 234 valence electrons. The van der Waals surface area contributed by atoms with Crippen molar-refractivity contribution < 1.29 is 54.7 Å². The Morgan fingerprint density at radius 3 is 2.02 bits per heavy atom. The third-order valence-electron chi connectivity index (χ3n) is 5.17. The van der Waals surface area contributed by atoms with E-state index in [0.29, 0.717) is 10.8 Å². The molecule has 3 unspecified atom stereocenters. The Morgan fingerprint density at radius 2 is 1.52 bits per heavy atom. The van der Waals surface area contributed by atoms with Crippen LogP contribution in [-0.4, -0.2) is 71.8 Å². The molecule has 0 bridgehead atoms. The van der Waals surface area contributed by atoms with Gasteiger partial charge in [-0.3, -0.25) is 9.13 Å². The predicted octanol–water partition coefficient (Wildman–Crippen LogP) is 5.70. The first kappa shape index (κ1) is 34.1. The van der Waals surface area contributed by atoms with Crippen LogP contribution in [0.15, 0.2) is 40.5 Å². The first-order valence-corrected chi connectivity index (χ1v) is 16.6. The van der Waals surface area contributed by atoms with E-state index in [1.807, 2.05) is 13.8 Å². The van der Waals surface area contributed by atoms with Crippen LogP contribution in [0.5, 0.6) is 5.75 Å². The van der Waals surface area contributed by atoms with Gasteiger partial charge in [0.05, 0.1) is 25.1 Å². The molecule has 3 rings (SSSR count). The quantitative estimate of drug-likeness (QED) is 0.124. The van der Waals surface area contributed by atoms with Crippen LogP contribution < -0.4 is 10.5 Å². The van der Waals surface area contributed by atoms with Crippen molar-refractivity contribution in [2.24, 2.45) is 0 Å². The van der Waals surface area contributed by atoms with Crippen molar-refractivity contribution in [3.05, 3.63) is 30.6 Å². The van der Waals surface area contributed by atoms with Crippen LogP contribution in [0.1, 0.15) is 20.8 Å². The summed E-state index contributed by atoms with van der Waals surface area (Å²) in [6.45, 7) is 4.47. The molecule has 0 fully saturated rings. The molecule has 20 heteroatoms. The molecule has 0 spiro atoms. The highest BCUT2D eigenvalue weighted by Crippen LogP contribution is 2.67. The fourth-order valence-electron chi connectivity index (χ4n) is 3.78. The molecule has 0 saturated carbocycles. The summed E-state index contributed by atoms with van der Waals surface area (Å²) in [5, 5.41) is 0.315. The highest BCUT2D eigenvalue weighted by Gasteiger charge is 2.55. The van der Waals surface area contributed by atoms with Gasteiger partial charge in [-0.2, -0.15) is 31.3 Å². The third-order valence-corrected chi connectivity index (χ3v) is 11.6. The van der Waals surface area contributed by atoms with Crippen molar-refractivity contribution in [3.8, 4) is 5.75 Å². The van der Waals surface area contributed by atoms with Crippen LogP contribution in [0.3, 0.4) is 0 Å². The van der Waals surface area contributed by atoms with Gasteiger partial charge in [0.1, 0.15) is 28.6 Å². The summed E-state index contributed by atoms with van der Waals surface area (Å²) < 4.78 is 114. The van der Waals surface area contributed by atoms with Crippen molar-refractivity contribution in [2.75, 3.05) is 18.1 Å². The van der Waals surface area contributed by atoms with E-state index in [9.17, 15) is 45.3 Å². The Kier molecular flexibility index (Phi) is 10.3. The maximum atomic E-state index is 12.9. The van der Waals surface area contributed by atoms with E-state index in [2.05, 4.69) is 15.0 Å². The molecule has 0 aliphatic rings. The zero-order valence-electron chi connectivity index (χ0n) is 22.2. The minimum atomic E-state index is -5.83. The van der Waals surface area contributed by atoms with Crippen LogP contribution in [0.2, 0.25) is 0 Å². The molecule has 3 aromatic rings. The number of hydrogen-bond donors (Lipinski definition) is 3. The molecule has 1 aromatic carbocycles. The second-order valence-electron chi connectivity index (χ2n) is 9.53. The minimum Gasteiger partial charge on any atom is -0.491 e. The van der Waals surface area contributed by atoms with E-state index in [1.54, 1.807) is 24.3 Å². The second kappa shape index (κ2) is 12.7. The Balaban J connectivity index is 1.88. The lowest BCUT2D eigenvalue weighted by molar-refractivity contribution is -0.109. The number of benzene rings is 1. The number of fused-ring (bicyclic) bond motifs is 1. The van der Waals surface area contributed by atoms with Gasteiger partial charge in [-0.05, 0) is 45.0 Å². The van der Waals surface area contributed by atoms with Gasteiger partial charge in [-0.15, -0.1) is 0 Å². The normalized spacial score (nSPS) is 17.1. The lowest BCUT2D eigenvalue weighted by atomic mass is 10.3. The molecule has 2 heterocycles. The fraction of sp³-hybridized carbons (Fsp3) is 0.500. The summed E-state index contributed by atoms with van der Waals surface area (Å²) in [6.07, 6.45) is -16.0. The molecule has 4 N–H and O–H groups in total. The molecule has 0 amide bonds.